The molecule has 2 rings (SSSR count). The Morgan fingerprint density at radius 1 is 1.00 bits per heavy atom. The first-order valence-electron chi connectivity index (χ1n) is 6.62. The van der Waals surface area contributed by atoms with Gasteiger partial charge in [-0.15, -0.1) is 0 Å². The van der Waals surface area contributed by atoms with Crippen LogP contribution in [0, 0.1) is 5.41 Å². The topological polar surface area (TPSA) is 18.5 Å². The van der Waals surface area contributed by atoms with Gasteiger partial charge in [0.2, 0.25) is 0 Å². The van der Waals surface area contributed by atoms with E-state index in [2.05, 4.69) is 57.8 Å². The van der Waals surface area contributed by atoms with E-state index in [0.717, 1.165) is 18.7 Å². The van der Waals surface area contributed by atoms with E-state index in [-0.39, 0.29) is 12.5 Å². The third-order valence-corrected chi connectivity index (χ3v) is 5.37. The van der Waals surface area contributed by atoms with Crippen molar-refractivity contribution < 1.29 is 9.31 Å². The van der Waals surface area contributed by atoms with Gasteiger partial charge in [0.25, 0.3) is 0 Å². The van der Waals surface area contributed by atoms with Crippen LogP contribution in [-0.4, -0.2) is 28.4 Å². The SMILES string of the molecule is CC1(C)COB(c2ccc([Si](C)(C)C)cc2)OC1. The van der Waals surface area contributed by atoms with Crippen molar-refractivity contribution in [3.63, 3.8) is 0 Å². The Labute approximate surface area is 112 Å². The molecule has 0 aromatic heterocycles. The standard InChI is InChI=1S/C14H23BO2Si/c1-14(2)10-16-15(17-11-14)12-6-8-13(9-7-12)18(3,4)5/h6-9H,10-11H2,1-5H3. The van der Waals surface area contributed by atoms with Crippen LogP contribution in [0.1, 0.15) is 13.8 Å². The van der Waals surface area contributed by atoms with Crippen LogP contribution in [0.15, 0.2) is 24.3 Å². The molecule has 2 nitrogen and oxygen atoms in total. The van der Waals surface area contributed by atoms with Crippen molar-refractivity contribution in [2.24, 2.45) is 5.41 Å². The molecule has 0 amide bonds. The van der Waals surface area contributed by atoms with Gasteiger partial charge in [-0.25, -0.2) is 0 Å². The fourth-order valence-electron chi connectivity index (χ4n) is 2.03. The zero-order valence-electron chi connectivity index (χ0n) is 12.1. The van der Waals surface area contributed by atoms with Crippen molar-refractivity contribution >= 4 is 25.8 Å². The first kappa shape index (κ1) is 13.8. The van der Waals surface area contributed by atoms with Gasteiger partial charge < -0.3 is 9.31 Å². The quantitative estimate of drug-likeness (QED) is 0.759. The average Bonchev–Trinajstić information content (AvgIpc) is 2.28. The average molecular weight is 262 g/mol. The summed E-state index contributed by atoms with van der Waals surface area (Å²) in [6, 6.07) is 8.76. The van der Waals surface area contributed by atoms with E-state index in [9.17, 15) is 0 Å². The highest BCUT2D eigenvalue weighted by atomic mass is 28.3. The molecule has 98 valence electrons. The second kappa shape index (κ2) is 4.83. The highest BCUT2D eigenvalue weighted by Crippen LogP contribution is 2.21. The maximum Gasteiger partial charge on any atom is 0.493 e. The summed E-state index contributed by atoms with van der Waals surface area (Å²) in [5, 5.41) is 1.47. The van der Waals surface area contributed by atoms with Crippen LogP contribution in [0.2, 0.25) is 19.6 Å². The maximum atomic E-state index is 5.79. The fraction of sp³-hybridized carbons (Fsp3) is 0.571. The molecular formula is C14H23BO2Si. The first-order chi connectivity index (χ1) is 8.28. The maximum absolute atomic E-state index is 5.79. The van der Waals surface area contributed by atoms with Crippen molar-refractivity contribution in [2.75, 3.05) is 13.2 Å². The molecule has 0 unspecified atom stereocenters. The summed E-state index contributed by atoms with van der Waals surface area (Å²) in [5.41, 5.74) is 1.27. The lowest BCUT2D eigenvalue weighted by Crippen LogP contribution is -2.48. The van der Waals surface area contributed by atoms with E-state index in [4.69, 9.17) is 9.31 Å². The summed E-state index contributed by atoms with van der Waals surface area (Å²) in [4.78, 5) is 0. The van der Waals surface area contributed by atoms with Gasteiger partial charge in [-0.3, -0.25) is 0 Å². The minimum Gasteiger partial charge on any atom is -0.407 e. The largest absolute Gasteiger partial charge is 0.493 e. The van der Waals surface area contributed by atoms with E-state index in [0.29, 0.717) is 0 Å². The van der Waals surface area contributed by atoms with E-state index in [1.165, 1.54) is 5.19 Å². The van der Waals surface area contributed by atoms with Gasteiger partial charge in [0.15, 0.2) is 0 Å². The Morgan fingerprint density at radius 2 is 1.50 bits per heavy atom. The molecule has 1 fully saturated rings. The molecule has 0 atom stereocenters. The number of hydrogen-bond acceptors (Lipinski definition) is 2. The van der Waals surface area contributed by atoms with E-state index in [1.807, 2.05) is 0 Å². The molecule has 1 saturated heterocycles. The molecule has 1 aliphatic rings. The molecule has 1 aromatic carbocycles. The minimum absolute atomic E-state index is 0.134. The van der Waals surface area contributed by atoms with Gasteiger partial charge in [0, 0.05) is 18.6 Å². The summed E-state index contributed by atoms with van der Waals surface area (Å²) < 4.78 is 11.6. The third kappa shape index (κ3) is 3.25. The van der Waals surface area contributed by atoms with E-state index >= 15 is 0 Å². The Kier molecular flexibility index (Phi) is 3.72. The highest BCUT2D eigenvalue weighted by molar-refractivity contribution is 6.88. The smallest absolute Gasteiger partial charge is 0.407 e. The Morgan fingerprint density at radius 3 is 1.94 bits per heavy atom. The van der Waals surface area contributed by atoms with Gasteiger partial charge >= 0.3 is 7.12 Å². The van der Waals surface area contributed by atoms with Crippen molar-refractivity contribution in [1.82, 2.24) is 0 Å². The fourth-order valence-corrected chi connectivity index (χ4v) is 3.19. The van der Waals surface area contributed by atoms with Crippen LogP contribution in [0.5, 0.6) is 0 Å². The third-order valence-electron chi connectivity index (χ3n) is 3.30. The molecule has 1 aromatic rings. The Bertz CT molecular complexity index is 399. The highest BCUT2D eigenvalue weighted by Gasteiger charge is 2.33. The second-order valence-corrected chi connectivity index (χ2v) is 12.1. The van der Waals surface area contributed by atoms with Crippen LogP contribution in [0.4, 0.5) is 0 Å². The zero-order valence-corrected chi connectivity index (χ0v) is 13.1. The van der Waals surface area contributed by atoms with Crippen molar-refractivity contribution in [3.05, 3.63) is 24.3 Å². The molecule has 0 N–H and O–H groups in total. The zero-order chi connectivity index (χ0) is 13.4. The van der Waals surface area contributed by atoms with E-state index < -0.39 is 8.07 Å². The molecule has 1 heterocycles. The predicted molar refractivity (Wildman–Crippen MR) is 80.5 cm³/mol. The molecule has 0 radical (unpaired) electrons. The molecule has 4 heteroatoms. The lowest BCUT2D eigenvalue weighted by atomic mass is 9.76. The molecule has 1 aliphatic heterocycles. The number of rotatable bonds is 2. The van der Waals surface area contributed by atoms with Crippen molar-refractivity contribution in [2.45, 2.75) is 33.5 Å². The van der Waals surface area contributed by atoms with Gasteiger partial charge in [-0.05, 0) is 5.46 Å². The lowest BCUT2D eigenvalue weighted by molar-refractivity contribution is 0.0343. The van der Waals surface area contributed by atoms with Crippen molar-refractivity contribution in [1.29, 1.82) is 0 Å². The van der Waals surface area contributed by atoms with Crippen LogP contribution in [0.3, 0.4) is 0 Å². The normalized spacial score (nSPS) is 19.9. The van der Waals surface area contributed by atoms with Crippen LogP contribution < -0.4 is 10.6 Å². The van der Waals surface area contributed by atoms with Gasteiger partial charge in [0.05, 0.1) is 8.07 Å². The Hall–Kier alpha value is -0.578. The van der Waals surface area contributed by atoms with Gasteiger partial charge in [-0.1, -0.05) is 62.9 Å². The Balaban J connectivity index is 2.07. The second-order valence-electron chi connectivity index (χ2n) is 6.99. The lowest BCUT2D eigenvalue weighted by Gasteiger charge is -2.33. The molecule has 0 spiro atoms. The van der Waals surface area contributed by atoms with E-state index in [1.54, 1.807) is 0 Å². The molecule has 0 bridgehead atoms. The van der Waals surface area contributed by atoms with Gasteiger partial charge in [-0.2, -0.15) is 0 Å². The van der Waals surface area contributed by atoms with Crippen molar-refractivity contribution in [3.8, 4) is 0 Å². The summed E-state index contributed by atoms with van der Waals surface area (Å²) in [6.07, 6.45) is 0. The summed E-state index contributed by atoms with van der Waals surface area (Å²) in [5.74, 6) is 0. The van der Waals surface area contributed by atoms with Crippen LogP contribution in [0.25, 0.3) is 0 Å². The molecule has 0 saturated carbocycles. The molecule has 18 heavy (non-hydrogen) atoms. The first-order valence-corrected chi connectivity index (χ1v) is 10.1. The molecular weight excluding hydrogens is 239 g/mol. The summed E-state index contributed by atoms with van der Waals surface area (Å²) >= 11 is 0. The van der Waals surface area contributed by atoms with Crippen LogP contribution in [-0.2, 0) is 9.31 Å². The molecule has 0 aliphatic carbocycles. The van der Waals surface area contributed by atoms with Gasteiger partial charge in [0.1, 0.15) is 0 Å². The monoisotopic (exact) mass is 262 g/mol. The number of hydrogen-bond donors (Lipinski definition) is 0. The summed E-state index contributed by atoms with van der Waals surface area (Å²) in [7, 11) is -1.40. The summed E-state index contributed by atoms with van der Waals surface area (Å²) in [6.45, 7) is 12.9. The number of benzene rings is 1. The minimum atomic E-state index is -1.21. The predicted octanol–water partition coefficient (Wildman–Crippen LogP) is 2.00. The van der Waals surface area contributed by atoms with Crippen LogP contribution >= 0.6 is 0 Å².